The van der Waals surface area contributed by atoms with Gasteiger partial charge in [0.15, 0.2) is 4.90 Å². The molecule has 9 heteroatoms. The van der Waals surface area contributed by atoms with Crippen molar-refractivity contribution in [1.82, 2.24) is 4.31 Å². The summed E-state index contributed by atoms with van der Waals surface area (Å²) in [7, 11) is -4.17. The number of piperidine rings is 1. The van der Waals surface area contributed by atoms with Crippen LogP contribution in [0, 0.1) is 21.8 Å². The van der Waals surface area contributed by atoms with E-state index in [0.717, 1.165) is 22.5 Å². The van der Waals surface area contributed by atoms with Crippen LogP contribution in [0.1, 0.15) is 19.8 Å². The summed E-state index contributed by atoms with van der Waals surface area (Å²) in [6.07, 6.45) is 1.22. The maximum Gasteiger partial charge on any atom is 0.324 e. The average molecular weight is 331 g/mol. The molecule has 0 bridgehead atoms. The van der Waals surface area contributed by atoms with E-state index < -0.39 is 37.4 Å². The number of halogens is 1. The molecule has 22 heavy (non-hydrogen) atoms. The lowest BCUT2D eigenvalue weighted by Crippen LogP contribution is -2.49. The first-order chi connectivity index (χ1) is 10.3. The second kappa shape index (κ2) is 6.27. The van der Waals surface area contributed by atoms with Crippen molar-refractivity contribution in [2.75, 3.05) is 13.1 Å². The molecule has 1 aliphatic heterocycles. The largest absolute Gasteiger partial charge is 0.329 e. The van der Waals surface area contributed by atoms with Gasteiger partial charge in [-0.1, -0.05) is 13.0 Å². The van der Waals surface area contributed by atoms with Crippen molar-refractivity contribution in [2.45, 2.75) is 30.7 Å². The fourth-order valence-corrected chi connectivity index (χ4v) is 4.60. The highest BCUT2D eigenvalue weighted by Gasteiger charge is 2.39. The topological polar surface area (TPSA) is 107 Å². The van der Waals surface area contributed by atoms with Crippen molar-refractivity contribution in [3.63, 3.8) is 0 Å². The van der Waals surface area contributed by atoms with Gasteiger partial charge in [0, 0.05) is 19.1 Å². The van der Waals surface area contributed by atoms with Gasteiger partial charge in [0.2, 0.25) is 15.8 Å². The molecule has 0 aromatic heterocycles. The van der Waals surface area contributed by atoms with E-state index in [4.69, 9.17) is 5.73 Å². The number of hydrogen-bond donors (Lipinski definition) is 1. The summed E-state index contributed by atoms with van der Waals surface area (Å²) < 4.78 is 40.3. The van der Waals surface area contributed by atoms with Gasteiger partial charge in [0.05, 0.1) is 4.92 Å². The van der Waals surface area contributed by atoms with Crippen LogP contribution in [0.3, 0.4) is 0 Å². The molecule has 0 spiro atoms. The Kier molecular flexibility index (Phi) is 4.78. The first-order valence-corrected chi connectivity index (χ1v) is 8.37. The SMILES string of the molecule is CC1CCN(S(=O)(=O)c2cccc(F)c2[N+](=O)[O-])C(CN)C1. The number of nitrogens with zero attached hydrogens (tertiary/aromatic N) is 2. The van der Waals surface area contributed by atoms with Crippen LogP contribution in [0.25, 0.3) is 0 Å². The number of nitrogens with two attached hydrogens (primary N) is 1. The van der Waals surface area contributed by atoms with Crippen molar-refractivity contribution in [3.8, 4) is 0 Å². The minimum Gasteiger partial charge on any atom is -0.329 e. The third kappa shape index (κ3) is 2.96. The van der Waals surface area contributed by atoms with Crippen LogP contribution < -0.4 is 5.73 Å². The van der Waals surface area contributed by atoms with Crippen LogP contribution in [0.15, 0.2) is 23.1 Å². The average Bonchev–Trinajstić information content (AvgIpc) is 2.46. The second-order valence-electron chi connectivity index (χ2n) is 5.48. The van der Waals surface area contributed by atoms with E-state index in [0.29, 0.717) is 18.8 Å². The smallest absolute Gasteiger partial charge is 0.324 e. The molecule has 1 aromatic carbocycles. The highest BCUT2D eigenvalue weighted by molar-refractivity contribution is 7.89. The minimum atomic E-state index is -4.17. The predicted octanol–water partition coefficient (Wildman–Crippen LogP) is 1.48. The highest BCUT2D eigenvalue weighted by Crippen LogP contribution is 2.33. The molecule has 7 nitrogen and oxygen atoms in total. The van der Waals surface area contributed by atoms with Crippen LogP contribution in [-0.2, 0) is 10.0 Å². The number of para-hydroxylation sites is 1. The summed E-state index contributed by atoms with van der Waals surface area (Å²) in [5, 5.41) is 11.0. The van der Waals surface area contributed by atoms with Crippen LogP contribution in [0.2, 0.25) is 0 Å². The quantitative estimate of drug-likeness (QED) is 0.664. The summed E-state index contributed by atoms with van der Waals surface area (Å²) in [6, 6.07) is 2.65. The molecular weight excluding hydrogens is 313 g/mol. The molecule has 2 atom stereocenters. The number of rotatable bonds is 4. The summed E-state index contributed by atoms with van der Waals surface area (Å²) in [4.78, 5) is 9.41. The molecule has 1 aliphatic rings. The molecule has 2 rings (SSSR count). The van der Waals surface area contributed by atoms with Crippen molar-refractivity contribution in [2.24, 2.45) is 11.7 Å². The molecular formula is C13H18FN3O4S. The van der Waals surface area contributed by atoms with Gasteiger partial charge in [0.25, 0.3) is 0 Å². The lowest BCUT2D eigenvalue weighted by atomic mass is 9.94. The zero-order valence-corrected chi connectivity index (χ0v) is 12.9. The van der Waals surface area contributed by atoms with Crippen molar-refractivity contribution in [3.05, 3.63) is 34.1 Å². The normalized spacial score (nSPS) is 23.4. The first-order valence-electron chi connectivity index (χ1n) is 6.93. The van der Waals surface area contributed by atoms with E-state index in [1.807, 2.05) is 6.92 Å². The second-order valence-corrected chi connectivity index (χ2v) is 7.34. The summed E-state index contributed by atoms with van der Waals surface area (Å²) in [5.74, 6) is -0.844. The molecule has 0 radical (unpaired) electrons. The number of sulfonamides is 1. The Balaban J connectivity index is 2.51. The maximum absolute atomic E-state index is 13.7. The Morgan fingerprint density at radius 3 is 2.77 bits per heavy atom. The highest BCUT2D eigenvalue weighted by atomic mass is 32.2. The first kappa shape index (κ1) is 16.8. The molecule has 0 aliphatic carbocycles. The Labute approximate surface area is 128 Å². The van der Waals surface area contributed by atoms with E-state index in [9.17, 15) is 22.9 Å². The summed E-state index contributed by atoms with van der Waals surface area (Å²) in [5.41, 5.74) is 4.63. The van der Waals surface area contributed by atoms with Gasteiger partial charge in [-0.05, 0) is 30.9 Å². The van der Waals surface area contributed by atoms with Gasteiger partial charge in [-0.2, -0.15) is 8.70 Å². The van der Waals surface area contributed by atoms with Crippen molar-refractivity contribution >= 4 is 15.7 Å². The number of benzene rings is 1. The number of nitro benzene ring substituents is 1. The minimum absolute atomic E-state index is 0.118. The molecule has 1 heterocycles. The Morgan fingerprint density at radius 2 is 2.18 bits per heavy atom. The fourth-order valence-electron chi connectivity index (χ4n) is 2.77. The lowest BCUT2D eigenvalue weighted by molar-refractivity contribution is -0.390. The molecule has 2 unspecified atom stereocenters. The maximum atomic E-state index is 13.7. The van der Waals surface area contributed by atoms with Gasteiger partial charge in [-0.15, -0.1) is 0 Å². The molecule has 1 aromatic rings. The van der Waals surface area contributed by atoms with E-state index in [1.165, 1.54) is 0 Å². The van der Waals surface area contributed by atoms with Crippen LogP contribution in [-0.4, -0.2) is 36.8 Å². The number of nitro groups is 1. The zero-order valence-electron chi connectivity index (χ0n) is 12.1. The Bertz CT molecular complexity index is 680. The van der Waals surface area contributed by atoms with Crippen LogP contribution >= 0.6 is 0 Å². The molecule has 0 saturated carbocycles. The lowest BCUT2D eigenvalue weighted by Gasteiger charge is -2.36. The molecule has 122 valence electrons. The van der Waals surface area contributed by atoms with Gasteiger partial charge < -0.3 is 5.73 Å². The van der Waals surface area contributed by atoms with Crippen molar-refractivity contribution in [1.29, 1.82) is 0 Å². The van der Waals surface area contributed by atoms with Crippen LogP contribution in [0.4, 0.5) is 10.1 Å². The van der Waals surface area contributed by atoms with E-state index >= 15 is 0 Å². The third-order valence-electron chi connectivity index (χ3n) is 3.92. The third-order valence-corrected chi connectivity index (χ3v) is 5.90. The Morgan fingerprint density at radius 1 is 1.50 bits per heavy atom. The molecule has 1 fully saturated rings. The van der Waals surface area contributed by atoms with E-state index in [1.54, 1.807) is 0 Å². The predicted molar refractivity (Wildman–Crippen MR) is 78.2 cm³/mol. The van der Waals surface area contributed by atoms with E-state index in [2.05, 4.69) is 0 Å². The van der Waals surface area contributed by atoms with Gasteiger partial charge in [-0.25, -0.2) is 8.42 Å². The summed E-state index contributed by atoms with van der Waals surface area (Å²) >= 11 is 0. The van der Waals surface area contributed by atoms with Gasteiger partial charge in [-0.3, -0.25) is 10.1 Å². The van der Waals surface area contributed by atoms with Crippen molar-refractivity contribution < 1.29 is 17.7 Å². The zero-order chi connectivity index (χ0) is 16.5. The molecule has 2 N–H and O–H groups in total. The van der Waals surface area contributed by atoms with Crippen LogP contribution in [0.5, 0.6) is 0 Å². The molecule has 1 saturated heterocycles. The van der Waals surface area contributed by atoms with E-state index in [-0.39, 0.29) is 13.1 Å². The summed E-state index contributed by atoms with van der Waals surface area (Å²) in [6.45, 7) is 2.34. The Hall–Kier alpha value is -1.58. The van der Waals surface area contributed by atoms with Gasteiger partial charge in [0.1, 0.15) is 0 Å². The fraction of sp³-hybridized carbons (Fsp3) is 0.538. The monoisotopic (exact) mass is 331 g/mol. The number of hydrogen-bond acceptors (Lipinski definition) is 5. The molecule has 0 amide bonds. The standard InChI is InChI=1S/C13H18FN3O4S/c1-9-5-6-16(10(7-9)8-15)22(20,21)12-4-2-3-11(14)13(12)17(18)19/h2-4,9-10H,5-8,15H2,1H3. The van der Waals surface area contributed by atoms with Gasteiger partial charge >= 0.3 is 5.69 Å².